The van der Waals surface area contributed by atoms with Crippen molar-refractivity contribution in [2.45, 2.75) is 51.5 Å². The summed E-state index contributed by atoms with van der Waals surface area (Å²) in [6.07, 6.45) is 6.28. The highest BCUT2D eigenvalue weighted by atomic mass is 16.5. The molecular formula is C16H25NO2. The zero-order valence-corrected chi connectivity index (χ0v) is 11.8. The molecule has 0 aliphatic rings. The van der Waals surface area contributed by atoms with Crippen LogP contribution in [0.15, 0.2) is 30.3 Å². The van der Waals surface area contributed by atoms with Crippen LogP contribution in [0.3, 0.4) is 0 Å². The van der Waals surface area contributed by atoms with Gasteiger partial charge in [-0.1, -0.05) is 62.9 Å². The molecule has 3 nitrogen and oxygen atoms in total. The van der Waals surface area contributed by atoms with E-state index in [1.807, 2.05) is 30.3 Å². The van der Waals surface area contributed by atoms with Gasteiger partial charge in [0.15, 0.2) is 0 Å². The summed E-state index contributed by atoms with van der Waals surface area (Å²) >= 11 is 0. The topological polar surface area (TPSA) is 52.3 Å². The van der Waals surface area contributed by atoms with Crippen molar-refractivity contribution < 1.29 is 9.53 Å². The fourth-order valence-corrected chi connectivity index (χ4v) is 1.94. The molecule has 0 radical (unpaired) electrons. The molecule has 1 aromatic rings. The van der Waals surface area contributed by atoms with E-state index in [2.05, 4.69) is 6.92 Å². The second kappa shape index (κ2) is 9.56. The van der Waals surface area contributed by atoms with Gasteiger partial charge in [0.2, 0.25) is 0 Å². The Bertz CT molecular complexity index is 351. The molecule has 1 rings (SSSR count). The number of carbonyl (C=O) groups is 1. The van der Waals surface area contributed by atoms with E-state index in [-0.39, 0.29) is 5.97 Å². The van der Waals surface area contributed by atoms with Crippen molar-refractivity contribution >= 4 is 5.97 Å². The fourth-order valence-electron chi connectivity index (χ4n) is 1.94. The van der Waals surface area contributed by atoms with Crippen molar-refractivity contribution in [2.75, 3.05) is 6.61 Å². The summed E-state index contributed by atoms with van der Waals surface area (Å²) in [5.41, 5.74) is 6.90. The number of unbranched alkanes of at least 4 members (excludes halogenated alkanes) is 4. The molecule has 3 heteroatoms. The number of rotatable bonds is 9. The van der Waals surface area contributed by atoms with Crippen LogP contribution in [0.5, 0.6) is 0 Å². The zero-order chi connectivity index (χ0) is 13.9. The molecule has 0 aliphatic carbocycles. The van der Waals surface area contributed by atoms with Crippen LogP contribution in [0, 0.1) is 0 Å². The van der Waals surface area contributed by atoms with Crippen LogP contribution < -0.4 is 5.73 Å². The number of benzene rings is 1. The Morgan fingerprint density at radius 3 is 2.53 bits per heavy atom. The standard InChI is InChI=1S/C16H25NO2/c1-2-3-4-5-9-12-19-16(18)15(17)13-14-10-7-6-8-11-14/h6-8,10-11,15H,2-5,9,12-13,17H2,1H3/t15-/m1/s1. The molecule has 0 amide bonds. The Hall–Kier alpha value is -1.35. The molecule has 2 N–H and O–H groups in total. The molecule has 0 bridgehead atoms. The first-order valence-electron chi connectivity index (χ1n) is 7.20. The molecule has 0 saturated carbocycles. The van der Waals surface area contributed by atoms with Crippen LogP contribution in [-0.2, 0) is 16.0 Å². The highest BCUT2D eigenvalue weighted by molar-refractivity contribution is 5.75. The van der Waals surface area contributed by atoms with Crippen molar-refractivity contribution in [2.24, 2.45) is 5.73 Å². The Kier molecular flexibility index (Phi) is 7.91. The highest BCUT2D eigenvalue weighted by Gasteiger charge is 2.15. The average molecular weight is 263 g/mol. The van der Waals surface area contributed by atoms with E-state index >= 15 is 0 Å². The van der Waals surface area contributed by atoms with Gasteiger partial charge < -0.3 is 10.5 Å². The molecule has 0 aliphatic heterocycles. The van der Waals surface area contributed by atoms with Gasteiger partial charge in [-0.25, -0.2) is 0 Å². The summed E-state index contributed by atoms with van der Waals surface area (Å²) in [6, 6.07) is 9.22. The second-order valence-electron chi connectivity index (χ2n) is 4.88. The summed E-state index contributed by atoms with van der Waals surface area (Å²) in [5, 5.41) is 0. The van der Waals surface area contributed by atoms with Crippen molar-refractivity contribution in [3.05, 3.63) is 35.9 Å². The Morgan fingerprint density at radius 2 is 1.84 bits per heavy atom. The molecule has 0 unspecified atom stereocenters. The third kappa shape index (κ3) is 6.97. The molecule has 1 aromatic carbocycles. The lowest BCUT2D eigenvalue weighted by molar-refractivity contribution is -0.145. The highest BCUT2D eigenvalue weighted by Crippen LogP contribution is 2.05. The average Bonchev–Trinajstić information content (AvgIpc) is 2.43. The first-order valence-corrected chi connectivity index (χ1v) is 7.20. The number of hydrogen-bond donors (Lipinski definition) is 1. The van der Waals surface area contributed by atoms with E-state index in [4.69, 9.17) is 10.5 Å². The van der Waals surface area contributed by atoms with Crippen LogP contribution in [0.2, 0.25) is 0 Å². The SMILES string of the molecule is CCCCCCCOC(=O)[C@H](N)Cc1ccccc1. The maximum atomic E-state index is 11.7. The summed E-state index contributed by atoms with van der Waals surface area (Å²) in [7, 11) is 0. The monoisotopic (exact) mass is 263 g/mol. The van der Waals surface area contributed by atoms with Gasteiger partial charge >= 0.3 is 5.97 Å². The first-order chi connectivity index (χ1) is 9.24. The lowest BCUT2D eigenvalue weighted by atomic mass is 10.1. The van der Waals surface area contributed by atoms with Gasteiger partial charge in [0, 0.05) is 0 Å². The van der Waals surface area contributed by atoms with Crippen LogP contribution in [0.4, 0.5) is 0 Å². The number of hydrogen-bond acceptors (Lipinski definition) is 3. The molecule has 0 spiro atoms. The summed E-state index contributed by atoms with van der Waals surface area (Å²) < 4.78 is 5.19. The molecule has 0 saturated heterocycles. The fraction of sp³-hybridized carbons (Fsp3) is 0.562. The van der Waals surface area contributed by atoms with E-state index in [0.29, 0.717) is 13.0 Å². The zero-order valence-electron chi connectivity index (χ0n) is 11.8. The van der Waals surface area contributed by atoms with Crippen molar-refractivity contribution in [3.8, 4) is 0 Å². The predicted molar refractivity (Wildman–Crippen MR) is 77.8 cm³/mol. The maximum absolute atomic E-state index is 11.7. The number of carbonyl (C=O) groups excluding carboxylic acids is 1. The van der Waals surface area contributed by atoms with E-state index in [1.54, 1.807) is 0 Å². The minimum absolute atomic E-state index is 0.292. The Morgan fingerprint density at radius 1 is 1.16 bits per heavy atom. The minimum atomic E-state index is -0.557. The molecule has 0 heterocycles. The van der Waals surface area contributed by atoms with Gasteiger partial charge in [-0.3, -0.25) is 4.79 Å². The summed E-state index contributed by atoms with van der Waals surface area (Å²) in [4.78, 5) is 11.7. The third-order valence-electron chi connectivity index (χ3n) is 3.09. The molecule has 19 heavy (non-hydrogen) atoms. The van der Waals surface area contributed by atoms with E-state index < -0.39 is 6.04 Å². The quantitative estimate of drug-likeness (QED) is 0.550. The molecule has 106 valence electrons. The lowest BCUT2D eigenvalue weighted by Crippen LogP contribution is -2.34. The third-order valence-corrected chi connectivity index (χ3v) is 3.09. The first kappa shape index (κ1) is 15.7. The number of esters is 1. The van der Waals surface area contributed by atoms with E-state index in [9.17, 15) is 4.79 Å². The largest absolute Gasteiger partial charge is 0.465 e. The molecule has 1 atom stereocenters. The lowest BCUT2D eigenvalue weighted by Gasteiger charge is -2.11. The van der Waals surface area contributed by atoms with Crippen LogP contribution in [0.25, 0.3) is 0 Å². The van der Waals surface area contributed by atoms with Gasteiger partial charge in [-0.15, -0.1) is 0 Å². The number of ether oxygens (including phenoxy) is 1. The molecule has 0 aromatic heterocycles. The van der Waals surface area contributed by atoms with E-state index in [0.717, 1.165) is 18.4 Å². The second-order valence-corrected chi connectivity index (χ2v) is 4.88. The predicted octanol–water partition coefficient (Wildman–Crippen LogP) is 3.07. The number of nitrogens with two attached hydrogens (primary N) is 1. The van der Waals surface area contributed by atoms with Crippen molar-refractivity contribution in [1.29, 1.82) is 0 Å². The van der Waals surface area contributed by atoms with Gasteiger partial charge in [0.05, 0.1) is 6.61 Å². The van der Waals surface area contributed by atoms with Gasteiger partial charge in [-0.2, -0.15) is 0 Å². The summed E-state index contributed by atoms with van der Waals surface area (Å²) in [6.45, 7) is 2.67. The molecule has 0 fully saturated rings. The smallest absolute Gasteiger partial charge is 0.323 e. The van der Waals surface area contributed by atoms with Crippen molar-refractivity contribution in [3.63, 3.8) is 0 Å². The minimum Gasteiger partial charge on any atom is -0.465 e. The van der Waals surface area contributed by atoms with Gasteiger partial charge in [0.25, 0.3) is 0 Å². The normalized spacial score (nSPS) is 12.1. The Balaban J connectivity index is 2.15. The molecular weight excluding hydrogens is 238 g/mol. The van der Waals surface area contributed by atoms with Crippen LogP contribution >= 0.6 is 0 Å². The maximum Gasteiger partial charge on any atom is 0.323 e. The summed E-state index contributed by atoms with van der Waals surface area (Å²) in [5.74, 6) is -0.292. The van der Waals surface area contributed by atoms with Gasteiger partial charge in [-0.05, 0) is 18.4 Å². The van der Waals surface area contributed by atoms with E-state index in [1.165, 1.54) is 19.3 Å². The van der Waals surface area contributed by atoms with Gasteiger partial charge in [0.1, 0.15) is 6.04 Å². The van der Waals surface area contributed by atoms with Crippen molar-refractivity contribution in [1.82, 2.24) is 0 Å². The van der Waals surface area contributed by atoms with Crippen LogP contribution in [-0.4, -0.2) is 18.6 Å². The Labute approximate surface area is 116 Å². The van der Waals surface area contributed by atoms with Crippen LogP contribution in [0.1, 0.15) is 44.6 Å².